The quantitative estimate of drug-likeness (QED) is 0.757. The molecule has 100 valence electrons. The zero-order valence-corrected chi connectivity index (χ0v) is 12.3. The molecule has 2 aromatic heterocycles. The summed E-state index contributed by atoms with van der Waals surface area (Å²) < 4.78 is 6.02. The van der Waals surface area contributed by atoms with E-state index < -0.39 is 0 Å². The molecule has 0 aliphatic heterocycles. The van der Waals surface area contributed by atoms with Crippen molar-refractivity contribution >= 4 is 27.5 Å². The zero-order valence-electron chi connectivity index (χ0n) is 9.92. The first-order valence-electron chi connectivity index (χ1n) is 5.57. The van der Waals surface area contributed by atoms with Crippen molar-refractivity contribution in [1.29, 1.82) is 0 Å². The maximum atomic E-state index is 9.39. The van der Waals surface area contributed by atoms with Crippen LogP contribution in [0.4, 0.5) is 0 Å². The van der Waals surface area contributed by atoms with Gasteiger partial charge in [0.25, 0.3) is 5.89 Å². The highest BCUT2D eigenvalue weighted by molar-refractivity contribution is 9.10. The number of hydrogen-bond donors (Lipinski definition) is 1. The van der Waals surface area contributed by atoms with Crippen LogP contribution in [-0.4, -0.2) is 20.2 Å². The lowest BCUT2D eigenvalue weighted by molar-refractivity contribution is 0.432. The van der Waals surface area contributed by atoms with Crippen LogP contribution in [0.5, 0.6) is 5.75 Å². The fourth-order valence-corrected chi connectivity index (χ4v) is 2.18. The van der Waals surface area contributed by atoms with Crippen LogP contribution >= 0.6 is 27.5 Å². The Morgan fingerprint density at radius 1 is 1.15 bits per heavy atom. The predicted molar refractivity (Wildman–Crippen MR) is 77.3 cm³/mol. The Hall–Kier alpha value is -1.92. The van der Waals surface area contributed by atoms with Crippen LogP contribution in [0.1, 0.15) is 0 Å². The smallest absolute Gasteiger partial charge is 0.258 e. The molecule has 1 N–H and O–H groups in total. The van der Waals surface area contributed by atoms with E-state index in [9.17, 15) is 5.11 Å². The van der Waals surface area contributed by atoms with E-state index in [1.807, 2.05) is 6.07 Å². The summed E-state index contributed by atoms with van der Waals surface area (Å²) in [6.45, 7) is 0. The van der Waals surface area contributed by atoms with Crippen LogP contribution in [0.3, 0.4) is 0 Å². The highest BCUT2D eigenvalue weighted by Crippen LogP contribution is 2.29. The summed E-state index contributed by atoms with van der Waals surface area (Å²) in [7, 11) is 0. The van der Waals surface area contributed by atoms with Gasteiger partial charge in [-0.1, -0.05) is 16.8 Å². The van der Waals surface area contributed by atoms with Crippen LogP contribution in [0, 0.1) is 0 Å². The van der Waals surface area contributed by atoms with Gasteiger partial charge in [0.2, 0.25) is 5.82 Å². The van der Waals surface area contributed by atoms with Gasteiger partial charge in [-0.2, -0.15) is 4.98 Å². The minimum absolute atomic E-state index is 0.00588. The maximum absolute atomic E-state index is 9.39. The lowest BCUT2D eigenvalue weighted by Crippen LogP contribution is -1.83. The van der Waals surface area contributed by atoms with Crippen molar-refractivity contribution < 1.29 is 9.63 Å². The van der Waals surface area contributed by atoms with Gasteiger partial charge in [0.15, 0.2) is 0 Å². The molecular formula is C13H7BrClN3O2. The maximum Gasteiger partial charge on any atom is 0.258 e. The van der Waals surface area contributed by atoms with Crippen molar-refractivity contribution in [3.8, 4) is 28.6 Å². The second kappa shape index (κ2) is 5.22. The predicted octanol–water partition coefficient (Wildman–Crippen LogP) is 3.92. The summed E-state index contributed by atoms with van der Waals surface area (Å²) in [6, 6.07) is 6.53. The van der Waals surface area contributed by atoms with Gasteiger partial charge in [-0.15, -0.1) is 0 Å². The third-order valence-corrected chi connectivity index (χ3v) is 3.32. The van der Waals surface area contributed by atoms with Gasteiger partial charge >= 0.3 is 0 Å². The first-order chi connectivity index (χ1) is 9.63. The number of pyridine rings is 1. The standard InChI is InChI=1S/C13H7BrClN3O2/c14-9-3-8(5-16-6-9)12-17-13(20-18-12)7-1-2-11(19)10(15)4-7/h1-6,19H. The molecule has 0 unspecified atom stereocenters. The molecule has 0 spiro atoms. The minimum Gasteiger partial charge on any atom is -0.506 e. The average Bonchev–Trinajstić information content (AvgIpc) is 2.92. The average molecular weight is 353 g/mol. The summed E-state index contributed by atoms with van der Waals surface area (Å²) in [6.07, 6.45) is 3.31. The molecule has 3 aromatic rings. The minimum atomic E-state index is 0.00588. The largest absolute Gasteiger partial charge is 0.506 e. The molecule has 5 nitrogen and oxygen atoms in total. The molecule has 0 amide bonds. The monoisotopic (exact) mass is 351 g/mol. The van der Waals surface area contributed by atoms with Crippen molar-refractivity contribution in [1.82, 2.24) is 15.1 Å². The van der Waals surface area contributed by atoms with Gasteiger partial charge in [-0.05, 0) is 40.2 Å². The molecule has 20 heavy (non-hydrogen) atoms. The molecule has 1 aromatic carbocycles. The van der Waals surface area contributed by atoms with E-state index in [4.69, 9.17) is 16.1 Å². The molecule has 0 aliphatic rings. The second-order valence-corrected chi connectivity index (χ2v) is 5.30. The highest BCUT2D eigenvalue weighted by atomic mass is 79.9. The van der Waals surface area contributed by atoms with Gasteiger partial charge in [0.1, 0.15) is 5.75 Å². The van der Waals surface area contributed by atoms with Crippen LogP contribution in [0.2, 0.25) is 5.02 Å². The summed E-state index contributed by atoms with van der Waals surface area (Å²) in [5, 5.41) is 13.5. The molecule has 0 radical (unpaired) electrons. The number of aromatic nitrogens is 3. The number of rotatable bonds is 2. The summed E-state index contributed by atoms with van der Waals surface area (Å²) in [4.78, 5) is 8.33. The van der Waals surface area contributed by atoms with E-state index in [0.717, 1.165) is 10.0 Å². The highest BCUT2D eigenvalue weighted by Gasteiger charge is 2.12. The van der Waals surface area contributed by atoms with Gasteiger partial charge in [0.05, 0.1) is 5.02 Å². The Morgan fingerprint density at radius 3 is 2.75 bits per heavy atom. The first kappa shape index (κ1) is 13.1. The fourth-order valence-electron chi connectivity index (χ4n) is 1.63. The number of hydrogen-bond acceptors (Lipinski definition) is 5. The molecule has 0 saturated carbocycles. The Morgan fingerprint density at radius 2 is 2.00 bits per heavy atom. The fraction of sp³-hybridized carbons (Fsp3) is 0. The van der Waals surface area contributed by atoms with Crippen molar-refractivity contribution in [3.05, 3.63) is 46.2 Å². The third kappa shape index (κ3) is 2.52. The lowest BCUT2D eigenvalue weighted by atomic mass is 10.2. The molecule has 0 aliphatic carbocycles. The van der Waals surface area contributed by atoms with Crippen LogP contribution in [-0.2, 0) is 0 Å². The van der Waals surface area contributed by atoms with E-state index in [2.05, 4.69) is 31.1 Å². The summed E-state index contributed by atoms with van der Waals surface area (Å²) in [5.41, 5.74) is 1.37. The number of nitrogens with zero attached hydrogens (tertiary/aromatic N) is 3. The summed E-state index contributed by atoms with van der Waals surface area (Å²) in [5.74, 6) is 0.756. The van der Waals surface area contributed by atoms with Crippen molar-refractivity contribution in [2.24, 2.45) is 0 Å². The molecular weight excluding hydrogens is 346 g/mol. The topological polar surface area (TPSA) is 72.0 Å². The van der Waals surface area contributed by atoms with Crippen molar-refractivity contribution in [2.75, 3.05) is 0 Å². The molecule has 0 fully saturated rings. The van der Waals surface area contributed by atoms with E-state index in [-0.39, 0.29) is 10.8 Å². The van der Waals surface area contributed by atoms with Gasteiger partial charge in [0, 0.05) is 28.0 Å². The third-order valence-electron chi connectivity index (χ3n) is 2.58. The van der Waals surface area contributed by atoms with Crippen LogP contribution in [0.25, 0.3) is 22.8 Å². The second-order valence-electron chi connectivity index (χ2n) is 3.98. The van der Waals surface area contributed by atoms with Crippen molar-refractivity contribution in [2.45, 2.75) is 0 Å². The van der Waals surface area contributed by atoms with Crippen LogP contribution in [0.15, 0.2) is 45.7 Å². The Kier molecular flexibility index (Phi) is 3.42. The number of halogens is 2. The lowest BCUT2D eigenvalue weighted by Gasteiger charge is -1.97. The van der Waals surface area contributed by atoms with Crippen molar-refractivity contribution in [3.63, 3.8) is 0 Å². The molecule has 0 bridgehead atoms. The first-order valence-corrected chi connectivity index (χ1v) is 6.74. The summed E-state index contributed by atoms with van der Waals surface area (Å²) >= 11 is 9.19. The number of phenolic OH excluding ortho intramolecular Hbond substituents is 1. The zero-order chi connectivity index (χ0) is 14.1. The molecule has 2 heterocycles. The number of aromatic hydroxyl groups is 1. The van der Waals surface area contributed by atoms with E-state index in [1.165, 1.54) is 6.07 Å². The number of phenols is 1. The SMILES string of the molecule is Oc1ccc(-c2nc(-c3cncc(Br)c3)no2)cc1Cl. The van der Waals surface area contributed by atoms with Gasteiger partial charge in [-0.25, -0.2) is 0 Å². The van der Waals surface area contributed by atoms with Gasteiger partial charge < -0.3 is 9.63 Å². The van der Waals surface area contributed by atoms with E-state index >= 15 is 0 Å². The molecule has 7 heteroatoms. The molecule has 0 atom stereocenters. The van der Waals surface area contributed by atoms with E-state index in [0.29, 0.717) is 17.3 Å². The Labute approximate surface area is 127 Å². The van der Waals surface area contributed by atoms with Gasteiger partial charge in [-0.3, -0.25) is 4.98 Å². The number of benzene rings is 1. The van der Waals surface area contributed by atoms with Crippen LogP contribution < -0.4 is 0 Å². The normalized spacial score (nSPS) is 10.7. The molecule has 3 rings (SSSR count). The van der Waals surface area contributed by atoms with E-state index in [1.54, 1.807) is 24.5 Å². The molecule has 0 saturated heterocycles. The Balaban J connectivity index is 1.99. The Bertz CT molecular complexity index is 776.